The molecule has 0 aliphatic heterocycles. The topological polar surface area (TPSA) is 30.5 Å². The molecule has 1 fully saturated rings. The van der Waals surface area contributed by atoms with E-state index in [2.05, 4.69) is 10.1 Å². The van der Waals surface area contributed by atoms with Crippen molar-refractivity contribution in [2.75, 3.05) is 13.2 Å². The molecule has 0 heterocycles. The molecule has 1 N–H and O–H groups in total. The Morgan fingerprint density at radius 3 is 2.43 bits per heavy atom. The van der Waals surface area contributed by atoms with E-state index in [1.165, 1.54) is 31.0 Å². The fraction of sp³-hybridized carbons (Fsp3) is 0.600. The van der Waals surface area contributed by atoms with Gasteiger partial charge in [-0.2, -0.15) is 0 Å². The first-order valence-electron chi connectivity index (χ1n) is 7.25. The Morgan fingerprint density at radius 2 is 1.76 bits per heavy atom. The van der Waals surface area contributed by atoms with Crippen LogP contribution in [0.1, 0.15) is 32.1 Å². The minimum atomic E-state index is -4.70. The second-order valence-corrected chi connectivity index (χ2v) is 5.13. The molecule has 0 saturated heterocycles. The van der Waals surface area contributed by atoms with E-state index in [1.54, 1.807) is 6.07 Å². The van der Waals surface area contributed by atoms with Crippen LogP contribution in [0.2, 0.25) is 0 Å². The number of para-hydroxylation sites is 2. The SMILES string of the molecule is FC(F)(F)Oc1ccccc1OCCCCCNC1CC1. The second-order valence-electron chi connectivity index (χ2n) is 5.13. The molecule has 1 aromatic rings. The lowest BCUT2D eigenvalue weighted by molar-refractivity contribution is -0.275. The van der Waals surface area contributed by atoms with E-state index >= 15 is 0 Å². The van der Waals surface area contributed by atoms with Gasteiger partial charge in [0.25, 0.3) is 0 Å². The number of rotatable bonds is 9. The average Bonchev–Trinajstić information content (AvgIpc) is 3.22. The molecular weight excluding hydrogens is 283 g/mol. The Balaban J connectivity index is 1.64. The first-order valence-corrected chi connectivity index (χ1v) is 7.25. The summed E-state index contributed by atoms with van der Waals surface area (Å²) < 4.78 is 46.0. The highest BCUT2D eigenvalue weighted by molar-refractivity contribution is 5.39. The van der Waals surface area contributed by atoms with Crippen LogP contribution in [0.15, 0.2) is 24.3 Å². The van der Waals surface area contributed by atoms with Crippen molar-refractivity contribution in [3.05, 3.63) is 24.3 Å². The number of nitrogens with one attached hydrogen (secondary N) is 1. The van der Waals surface area contributed by atoms with Crippen molar-refractivity contribution in [2.24, 2.45) is 0 Å². The molecule has 21 heavy (non-hydrogen) atoms. The van der Waals surface area contributed by atoms with Gasteiger partial charge in [0.05, 0.1) is 6.61 Å². The average molecular weight is 303 g/mol. The highest BCUT2D eigenvalue weighted by Crippen LogP contribution is 2.31. The maximum absolute atomic E-state index is 12.2. The highest BCUT2D eigenvalue weighted by atomic mass is 19.4. The van der Waals surface area contributed by atoms with Gasteiger partial charge in [0.15, 0.2) is 11.5 Å². The van der Waals surface area contributed by atoms with Crippen LogP contribution in [0.3, 0.4) is 0 Å². The molecular formula is C15H20F3NO2. The molecule has 0 spiro atoms. The summed E-state index contributed by atoms with van der Waals surface area (Å²) in [5.41, 5.74) is 0. The molecule has 6 heteroatoms. The zero-order valence-corrected chi connectivity index (χ0v) is 11.8. The van der Waals surface area contributed by atoms with Gasteiger partial charge in [-0.1, -0.05) is 12.1 Å². The zero-order chi connectivity index (χ0) is 15.1. The van der Waals surface area contributed by atoms with Gasteiger partial charge in [-0.25, -0.2) is 0 Å². The molecule has 1 aromatic carbocycles. The van der Waals surface area contributed by atoms with E-state index in [-0.39, 0.29) is 11.5 Å². The largest absolute Gasteiger partial charge is 0.573 e. The van der Waals surface area contributed by atoms with Gasteiger partial charge >= 0.3 is 6.36 Å². The van der Waals surface area contributed by atoms with Gasteiger partial charge in [-0.15, -0.1) is 13.2 Å². The van der Waals surface area contributed by atoms with E-state index < -0.39 is 6.36 Å². The minimum absolute atomic E-state index is 0.130. The Labute approximate surface area is 122 Å². The molecule has 0 radical (unpaired) electrons. The standard InChI is InChI=1S/C15H20F3NO2/c16-15(17,18)21-14-7-3-2-6-13(14)20-11-5-1-4-10-19-12-8-9-12/h2-3,6-7,12,19H,1,4-5,8-11H2. The lowest BCUT2D eigenvalue weighted by Gasteiger charge is -2.13. The number of hydrogen-bond donors (Lipinski definition) is 1. The van der Waals surface area contributed by atoms with Crippen LogP contribution in [0, 0.1) is 0 Å². The van der Waals surface area contributed by atoms with Crippen LogP contribution < -0.4 is 14.8 Å². The molecule has 3 nitrogen and oxygen atoms in total. The van der Waals surface area contributed by atoms with E-state index in [1.807, 2.05) is 0 Å². The lowest BCUT2D eigenvalue weighted by Crippen LogP contribution is -2.18. The monoisotopic (exact) mass is 303 g/mol. The molecule has 0 atom stereocenters. The normalized spacial score (nSPS) is 15.0. The molecule has 1 saturated carbocycles. The van der Waals surface area contributed by atoms with Crippen LogP contribution in [0.25, 0.3) is 0 Å². The molecule has 0 amide bonds. The van der Waals surface area contributed by atoms with Crippen molar-refractivity contribution in [1.82, 2.24) is 5.32 Å². The number of benzene rings is 1. The van der Waals surface area contributed by atoms with Crippen molar-refractivity contribution < 1.29 is 22.6 Å². The number of halogens is 3. The van der Waals surface area contributed by atoms with Crippen LogP contribution >= 0.6 is 0 Å². The fourth-order valence-electron chi connectivity index (χ4n) is 1.96. The molecule has 1 aliphatic carbocycles. The minimum Gasteiger partial charge on any atom is -0.490 e. The number of unbranched alkanes of at least 4 members (excludes halogenated alkanes) is 2. The summed E-state index contributed by atoms with van der Waals surface area (Å²) >= 11 is 0. The number of ether oxygens (including phenoxy) is 2. The number of alkyl halides is 3. The van der Waals surface area contributed by atoms with E-state index in [9.17, 15) is 13.2 Å². The molecule has 0 bridgehead atoms. The van der Waals surface area contributed by atoms with Crippen LogP contribution in [0.5, 0.6) is 11.5 Å². The van der Waals surface area contributed by atoms with Crippen molar-refractivity contribution in [2.45, 2.75) is 44.5 Å². The summed E-state index contributed by atoms with van der Waals surface area (Å²) in [6.07, 6.45) is 0.710. The summed E-state index contributed by atoms with van der Waals surface area (Å²) in [5.74, 6) is -0.161. The van der Waals surface area contributed by atoms with Gasteiger partial charge in [-0.3, -0.25) is 0 Å². The van der Waals surface area contributed by atoms with Gasteiger partial charge in [0.1, 0.15) is 0 Å². The third kappa shape index (κ3) is 6.71. The van der Waals surface area contributed by atoms with Crippen molar-refractivity contribution >= 4 is 0 Å². The fourth-order valence-corrected chi connectivity index (χ4v) is 1.96. The molecule has 0 aromatic heterocycles. The van der Waals surface area contributed by atoms with Crippen molar-refractivity contribution in [3.63, 3.8) is 0 Å². The van der Waals surface area contributed by atoms with Crippen LogP contribution in [-0.4, -0.2) is 25.6 Å². The van der Waals surface area contributed by atoms with Crippen molar-refractivity contribution in [1.29, 1.82) is 0 Å². The van der Waals surface area contributed by atoms with Crippen LogP contribution in [-0.2, 0) is 0 Å². The lowest BCUT2D eigenvalue weighted by atomic mass is 10.2. The predicted octanol–water partition coefficient (Wildman–Crippen LogP) is 3.89. The Kier molecular flexibility index (Phi) is 5.73. The summed E-state index contributed by atoms with van der Waals surface area (Å²) in [6.45, 7) is 1.39. The van der Waals surface area contributed by atoms with Crippen molar-refractivity contribution in [3.8, 4) is 11.5 Å². The van der Waals surface area contributed by atoms with Gasteiger partial charge in [-0.05, 0) is 50.8 Å². The van der Waals surface area contributed by atoms with E-state index in [0.717, 1.165) is 25.8 Å². The predicted molar refractivity (Wildman–Crippen MR) is 73.5 cm³/mol. The third-order valence-electron chi connectivity index (χ3n) is 3.16. The second kappa shape index (κ2) is 7.54. The Bertz CT molecular complexity index is 433. The quantitative estimate of drug-likeness (QED) is 0.702. The van der Waals surface area contributed by atoms with Gasteiger partial charge in [0, 0.05) is 6.04 Å². The highest BCUT2D eigenvalue weighted by Gasteiger charge is 2.32. The zero-order valence-electron chi connectivity index (χ0n) is 11.8. The van der Waals surface area contributed by atoms with Gasteiger partial charge < -0.3 is 14.8 Å². The maximum atomic E-state index is 12.2. The molecule has 2 rings (SSSR count). The van der Waals surface area contributed by atoms with E-state index in [0.29, 0.717) is 12.6 Å². The summed E-state index contributed by atoms with van der Waals surface area (Å²) in [7, 11) is 0. The summed E-state index contributed by atoms with van der Waals surface area (Å²) in [6, 6.07) is 6.56. The summed E-state index contributed by atoms with van der Waals surface area (Å²) in [4.78, 5) is 0. The first kappa shape index (κ1) is 15.9. The third-order valence-corrected chi connectivity index (χ3v) is 3.16. The molecule has 0 unspecified atom stereocenters. The van der Waals surface area contributed by atoms with Gasteiger partial charge in [0.2, 0.25) is 0 Å². The molecule has 1 aliphatic rings. The maximum Gasteiger partial charge on any atom is 0.573 e. The Morgan fingerprint density at radius 1 is 1.05 bits per heavy atom. The smallest absolute Gasteiger partial charge is 0.490 e. The molecule has 118 valence electrons. The Hall–Kier alpha value is -1.43. The first-order chi connectivity index (χ1) is 10.0. The van der Waals surface area contributed by atoms with Crippen LogP contribution in [0.4, 0.5) is 13.2 Å². The summed E-state index contributed by atoms with van der Waals surface area (Å²) in [5, 5.41) is 3.41. The van der Waals surface area contributed by atoms with E-state index in [4.69, 9.17) is 4.74 Å². The number of hydrogen-bond acceptors (Lipinski definition) is 3.